The number of ether oxygens (including phenoxy) is 3. The molecule has 2 amide bonds. The third kappa shape index (κ3) is 2.27. The molecule has 4 N–H and O–H groups in total. The summed E-state index contributed by atoms with van der Waals surface area (Å²) in [5, 5.41) is 31.5. The highest BCUT2D eigenvalue weighted by Gasteiger charge is 2.66. The van der Waals surface area contributed by atoms with Crippen molar-refractivity contribution in [2.45, 2.75) is 61.7 Å². The van der Waals surface area contributed by atoms with Crippen LogP contribution in [0.25, 0.3) is 0 Å². The first-order valence-electron chi connectivity index (χ1n) is 8.23. The maximum absolute atomic E-state index is 12.2. The summed E-state index contributed by atoms with van der Waals surface area (Å²) >= 11 is 0. The molecule has 1 aliphatic carbocycles. The smallest absolute Gasteiger partial charge is 0.325 e. The Labute approximate surface area is 138 Å². The summed E-state index contributed by atoms with van der Waals surface area (Å²) in [5.74, 6) is -0.734. The minimum atomic E-state index is -1.34. The maximum Gasteiger partial charge on any atom is 0.325 e. The second-order valence-electron chi connectivity index (χ2n) is 6.77. The largest absolute Gasteiger partial charge is 0.393 e. The number of urea groups is 1. The minimum Gasteiger partial charge on any atom is -0.393 e. The quantitative estimate of drug-likeness (QED) is 0.518. The molecular weight excluding hydrogens is 320 g/mol. The Kier molecular flexibility index (Phi) is 3.83. The topological polar surface area (TPSA) is 121 Å². The number of aliphatic hydroxyl groups excluding tert-OH is 3. The molecule has 0 aromatic rings. The van der Waals surface area contributed by atoms with Gasteiger partial charge in [0.25, 0.3) is 0 Å². The zero-order chi connectivity index (χ0) is 16.9. The number of amides is 2. The van der Waals surface area contributed by atoms with Gasteiger partial charge in [0.15, 0.2) is 12.0 Å². The summed E-state index contributed by atoms with van der Waals surface area (Å²) in [6.45, 7) is -0.912. The van der Waals surface area contributed by atoms with E-state index in [1.54, 1.807) is 0 Å². The summed E-state index contributed by atoms with van der Waals surface area (Å²) < 4.78 is 18.1. The average molecular weight is 342 g/mol. The van der Waals surface area contributed by atoms with Gasteiger partial charge in [-0.1, -0.05) is 0 Å². The molecule has 3 aliphatic heterocycles. The SMILES string of the molecule is O=C1NC(O)C=CN1[C@@H]1OC(CO)(CO)[C@H]2OC3(CCCC3)O[C@@H]12. The number of hydrogen-bond donors (Lipinski definition) is 4. The van der Waals surface area contributed by atoms with Gasteiger partial charge in [0.05, 0.1) is 13.2 Å². The highest BCUT2D eigenvalue weighted by Crippen LogP contribution is 2.50. The fourth-order valence-electron chi connectivity index (χ4n) is 3.99. The summed E-state index contributed by atoms with van der Waals surface area (Å²) in [4.78, 5) is 13.4. The number of nitrogens with one attached hydrogen (secondary N) is 1. The zero-order valence-corrected chi connectivity index (χ0v) is 13.1. The van der Waals surface area contributed by atoms with Crippen LogP contribution in [-0.4, -0.2) is 75.5 Å². The summed E-state index contributed by atoms with van der Waals surface area (Å²) in [6, 6.07) is -0.545. The van der Waals surface area contributed by atoms with Crippen molar-refractivity contribution >= 4 is 6.03 Å². The lowest BCUT2D eigenvalue weighted by atomic mass is 9.97. The van der Waals surface area contributed by atoms with Crippen LogP contribution in [0, 0.1) is 0 Å². The van der Waals surface area contributed by atoms with Crippen LogP contribution in [0.4, 0.5) is 4.79 Å². The van der Waals surface area contributed by atoms with E-state index in [0.717, 1.165) is 25.7 Å². The van der Waals surface area contributed by atoms with E-state index >= 15 is 0 Å². The van der Waals surface area contributed by atoms with Gasteiger partial charge in [0.1, 0.15) is 24.0 Å². The monoisotopic (exact) mass is 342 g/mol. The number of carbonyl (C=O) groups is 1. The molecule has 0 radical (unpaired) electrons. The number of hydrogen-bond acceptors (Lipinski definition) is 7. The van der Waals surface area contributed by atoms with E-state index in [0.29, 0.717) is 0 Å². The van der Waals surface area contributed by atoms with Crippen molar-refractivity contribution in [3.8, 4) is 0 Å². The lowest BCUT2D eigenvalue weighted by Crippen LogP contribution is -2.53. The molecular formula is C15H22N2O7. The predicted molar refractivity (Wildman–Crippen MR) is 78.2 cm³/mol. The maximum atomic E-state index is 12.2. The Bertz CT molecular complexity index is 544. The lowest BCUT2D eigenvalue weighted by molar-refractivity contribution is -0.245. The fourth-order valence-corrected chi connectivity index (χ4v) is 3.99. The van der Waals surface area contributed by atoms with Gasteiger partial charge in [-0.05, 0) is 18.9 Å². The van der Waals surface area contributed by atoms with Crippen molar-refractivity contribution in [1.82, 2.24) is 10.2 Å². The average Bonchev–Trinajstić information content (AvgIpc) is 3.24. The first-order chi connectivity index (χ1) is 11.5. The van der Waals surface area contributed by atoms with Crippen LogP contribution >= 0.6 is 0 Å². The van der Waals surface area contributed by atoms with Gasteiger partial charge in [-0.25, -0.2) is 4.79 Å². The molecule has 0 bridgehead atoms. The second-order valence-corrected chi connectivity index (χ2v) is 6.77. The van der Waals surface area contributed by atoms with Crippen molar-refractivity contribution in [2.75, 3.05) is 13.2 Å². The van der Waals surface area contributed by atoms with Gasteiger partial charge in [-0.15, -0.1) is 0 Å². The Morgan fingerprint density at radius 2 is 1.92 bits per heavy atom. The van der Waals surface area contributed by atoms with E-state index in [1.807, 2.05) is 0 Å². The highest BCUT2D eigenvalue weighted by molar-refractivity contribution is 5.77. The third-order valence-corrected chi connectivity index (χ3v) is 5.26. The highest BCUT2D eigenvalue weighted by atomic mass is 16.8. The van der Waals surface area contributed by atoms with E-state index in [9.17, 15) is 20.1 Å². The van der Waals surface area contributed by atoms with Gasteiger partial charge in [0, 0.05) is 19.0 Å². The molecule has 2 saturated heterocycles. The molecule has 9 heteroatoms. The third-order valence-electron chi connectivity index (χ3n) is 5.26. The van der Waals surface area contributed by atoms with Gasteiger partial charge in [-0.2, -0.15) is 0 Å². The van der Waals surface area contributed by atoms with E-state index in [2.05, 4.69) is 5.32 Å². The van der Waals surface area contributed by atoms with E-state index in [-0.39, 0.29) is 0 Å². The van der Waals surface area contributed by atoms with Crippen molar-refractivity contribution < 1.29 is 34.3 Å². The molecule has 24 heavy (non-hydrogen) atoms. The Balaban J connectivity index is 1.66. The van der Waals surface area contributed by atoms with Gasteiger partial charge in [-0.3, -0.25) is 4.90 Å². The Morgan fingerprint density at radius 1 is 1.21 bits per heavy atom. The number of rotatable bonds is 3. The lowest BCUT2D eigenvalue weighted by Gasteiger charge is -2.36. The van der Waals surface area contributed by atoms with Crippen molar-refractivity contribution in [3.63, 3.8) is 0 Å². The number of carbonyl (C=O) groups excluding carboxylic acids is 1. The van der Waals surface area contributed by atoms with Crippen LogP contribution in [-0.2, 0) is 14.2 Å². The molecule has 134 valence electrons. The molecule has 3 heterocycles. The van der Waals surface area contributed by atoms with Crippen molar-refractivity contribution in [2.24, 2.45) is 0 Å². The molecule has 3 fully saturated rings. The van der Waals surface area contributed by atoms with Crippen LogP contribution in [0.2, 0.25) is 0 Å². The Hall–Kier alpha value is -1.23. The van der Waals surface area contributed by atoms with Crippen LogP contribution < -0.4 is 5.32 Å². The number of aliphatic hydroxyl groups is 3. The van der Waals surface area contributed by atoms with E-state index in [4.69, 9.17) is 14.2 Å². The number of fused-ring (bicyclic) bond motifs is 1. The minimum absolute atomic E-state index is 0.456. The summed E-state index contributed by atoms with van der Waals surface area (Å²) in [7, 11) is 0. The molecule has 1 spiro atoms. The molecule has 4 atom stereocenters. The normalized spacial score (nSPS) is 39.5. The van der Waals surface area contributed by atoms with Gasteiger partial charge >= 0.3 is 6.03 Å². The fraction of sp³-hybridized carbons (Fsp3) is 0.800. The van der Waals surface area contributed by atoms with Crippen molar-refractivity contribution in [1.29, 1.82) is 0 Å². The Morgan fingerprint density at radius 3 is 2.54 bits per heavy atom. The first kappa shape index (κ1) is 16.2. The van der Waals surface area contributed by atoms with Crippen LogP contribution in [0.15, 0.2) is 12.3 Å². The summed E-state index contributed by atoms with van der Waals surface area (Å²) in [6.07, 6.45) is 3.01. The standard InChI is InChI=1S/C15H22N2O7/c18-7-14(8-19)11-10(22-15(23-11)4-1-2-5-15)12(24-14)17-6-3-9(20)16-13(17)21/h3,6,9-12,18-20H,1-2,4-5,7-8H2,(H,16,21)/t9?,10-,11+,12-/m1/s1. The zero-order valence-electron chi connectivity index (χ0n) is 13.1. The molecule has 1 saturated carbocycles. The van der Waals surface area contributed by atoms with Crippen molar-refractivity contribution in [3.05, 3.63) is 12.3 Å². The second kappa shape index (κ2) is 5.65. The van der Waals surface area contributed by atoms with Gasteiger partial charge < -0.3 is 34.8 Å². The molecule has 4 aliphatic rings. The van der Waals surface area contributed by atoms with Crippen LogP contribution in [0.5, 0.6) is 0 Å². The molecule has 1 unspecified atom stereocenters. The van der Waals surface area contributed by atoms with Crippen LogP contribution in [0.1, 0.15) is 25.7 Å². The molecule has 0 aromatic carbocycles. The first-order valence-corrected chi connectivity index (χ1v) is 8.23. The van der Waals surface area contributed by atoms with E-state index in [1.165, 1.54) is 17.2 Å². The van der Waals surface area contributed by atoms with Crippen LogP contribution in [0.3, 0.4) is 0 Å². The molecule has 4 rings (SSSR count). The summed E-state index contributed by atoms with van der Waals surface area (Å²) in [5.41, 5.74) is -1.34. The van der Waals surface area contributed by atoms with Gasteiger partial charge in [0.2, 0.25) is 0 Å². The van der Waals surface area contributed by atoms with E-state index < -0.39 is 55.3 Å². The molecule has 9 nitrogen and oxygen atoms in total. The molecule has 0 aromatic heterocycles. The number of nitrogens with zero attached hydrogens (tertiary/aromatic N) is 1. The predicted octanol–water partition coefficient (Wildman–Crippen LogP) is -1.02.